The summed E-state index contributed by atoms with van der Waals surface area (Å²) in [5, 5.41) is 20.9. The molecule has 5 atom stereocenters. The van der Waals surface area contributed by atoms with E-state index in [0.29, 0.717) is 13.0 Å². The van der Waals surface area contributed by atoms with Gasteiger partial charge in [0.25, 0.3) is 0 Å². The highest BCUT2D eigenvalue weighted by Gasteiger charge is 2.47. The molecule has 0 saturated carbocycles. The molecule has 1 aliphatic heterocycles. The molecule has 0 bridgehead atoms. The summed E-state index contributed by atoms with van der Waals surface area (Å²) in [5.41, 5.74) is 0.981. The molecule has 1 heterocycles. The molecule has 1 aromatic rings. The molecule has 2 rings (SSSR count). The van der Waals surface area contributed by atoms with Gasteiger partial charge in [0.2, 0.25) is 0 Å². The topological polar surface area (TPSA) is 94.5 Å². The van der Waals surface area contributed by atoms with Gasteiger partial charge in [-0.25, -0.2) is 0 Å². The number of hydrogen-bond acceptors (Lipinski definition) is 7. The van der Waals surface area contributed by atoms with Crippen molar-refractivity contribution in [1.82, 2.24) is 0 Å². The minimum atomic E-state index is -1.42. The van der Waals surface area contributed by atoms with Gasteiger partial charge in [-0.15, -0.1) is 6.58 Å². The molecule has 0 spiro atoms. The maximum Gasteiger partial charge on any atom is 0.306 e. The fourth-order valence-corrected chi connectivity index (χ4v) is 2.82. The highest BCUT2D eigenvalue weighted by molar-refractivity contribution is 5.69. The van der Waals surface area contributed by atoms with Crippen molar-refractivity contribution in [2.75, 3.05) is 13.2 Å². The molecule has 1 aromatic carbocycles. The molecule has 0 aromatic heterocycles. The molecule has 27 heavy (non-hydrogen) atoms. The van der Waals surface area contributed by atoms with Crippen molar-refractivity contribution < 1.29 is 34.0 Å². The molecule has 150 valence electrons. The largest absolute Gasteiger partial charge is 0.454 e. The Morgan fingerprint density at radius 3 is 2.67 bits per heavy atom. The Hall–Kier alpha value is -1.77. The maximum absolute atomic E-state index is 11.8. The Labute approximate surface area is 159 Å². The van der Waals surface area contributed by atoms with Gasteiger partial charge in [0.15, 0.2) is 12.4 Å². The van der Waals surface area contributed by atoms with Gasteiger partial charge < -0.3 is 29.2 Å². The molecule has 1 saturated heterocycles. The van der Waals surface area contributed by atoms with E-state index >= 15 is 0 Å². The lowest BCUT2D eigenvalue weighted by atomic mass is 9.98. The van der Waals surface area contributed by atoms with Gasteiger partial charge in [-0.2, -0.15) is 0 Å². The van der Waals surface area contributed by atoms with E-state index in [1.165, 1.54) is 6.08 Å². The fourth-order valence-electron chi connectivity index (χ4n) is 2.82. The number of benzene rings is 1. The quantitative estimate of drug-likeness (QED) is 0.470. The third-order valence-corrected chi connectivity index (χ3v) is 4.16. The SMILES string of the molecule is C=CCOC1C(O)C(COCc2ccccc2)OC(O)C1OC(=O)CCC. The van der Waals surface area contributed by atoms with Crippen LogP contribution < -0.4 is 0 Å². The molecule has 1 aliphatic rings. The molecular formula is C20H28O7. The Balaban J connectivity index is 1.97. The average molecular weight is 380 g/mol. The number of carbonyl (C=O) groups is 1. The molecule has 7 heteroatoms. The van der Waals surface area contributed by atoms with Crippen molar-refractivity contribution in [1.29, 1.82) is 0 Å². The summed E-state index contributed by atoms with van der Waals surface area (Å²) in [7, 11) is 0. The summed E-state index contributed by atoms with van der Waals surface area (Å²) in [4.78, 5) is 11.8. The minimum absolute atomic E-state index is 0.0523. The summed E-state index contributed by atoms with van der Waals surface area (Å²) in [6.45, 7) is 5.95. The second-order valence-electron chi connectivity index (χ2n) is 6.35. The zero-order chi connectivity index (χ0) is 19.6. The van der Waals surface area contributed by atoms with E-state index in [1.54, 1.807) is 0 Å². The van der Waals surface area contributed by atoms with E-state index in [-0.39, 0.29) is 19.6 Å². The van der Waals surface area contributed by atoms with Gasteiger partial charge in [0.05, 0.1) is 19.8 Å². The fraction of sp³-hybridized carbons (Fsp3) is 0.550. The average Bonchev–Trinajstić information content (AvgIpc) is 2.66. The third-order valence-electron chi connectivity index (χ3n) is 4.16. The van der Waals surface area contributed by atoms with Crippen LogP contribution >= 0.6 is 0 Å². The van der Waals surface area contributed by atoms with Crippen molar-refractivity contribution in [2.45, 2.75) is 57.1 Å². The number of aliphatic hydroxyl groups is 2. The van der Waals surface area contributed by atoms with Crippen LogP contribution in [-0.4, -0.2) is 60.1 Å². The van der Waals surface area contributed by atoms with Gasteiger partial charge in [-0.05, 0) is 12.0 Å². The molecular weight excluding hydrogens is 352 g/mol. The van der Waals surface area contributed by atoms with E-state index in [0.717, 1.165) is 5.56 Å². The molecule has 2 N–H and O–H groups in total. The molecule has 0 amide bonds. The van der Waals surface area contributed by atoms with E-state index < -0.39 is 36.7 Å². The van der Waals surface area contributed by atoms with Crippen molar-refractivity contribution in [2.24, 2.45) is 0 Å². The van der Waals surface area contributed by atoms with Gasteiger partial charge in [0, 0.05) is 6.42 Å². The lowest BCUT2D eigenvalue weighted by Crippen LogP contribution is -2.60. The number of ether oxygens (including phenoxy) is 4. The van der Waals surface area contributed by atoms with Crippen LogP contribution in [0.25, 0.3) is 0 Å². The normalized spacial score (nSPS) is 27.9. The Morgan fingerprint density at radius 2 is 2.00 bits per heavy atom. The highest BCUT2D eigenvalue weighted by atomic mass is 16.7. The predicted octanol–water partition coefficient (Wildman–Crippen LogP) is 1.56. The number of carbonyl (C=O) groups excluding carboxylic acids is 1. The van der Waals surface area contributed by atoms with Crippen LogP contribution in [0.2, 0.25) is 0 Å². The van der Waals surface area contributed by atoms with Crippen LogP contribution in [0.5, 0.6) is 0 Å². The summed E-state index contributed by atoms with van der Waals surface area (Å²) in [6.07, 6.45) is -3.11. The first kappa shape index (κ1) is 21.5. The Bertz CT molecular complexity index is 577. The highest BCUT2D eigenvalue weighted by Crippen LogP contribution is 2.26. The molecule has 0 radical (unpaired) electrons. The van der Waals surface area contributed by atoms with Crippen LogP contribution in [0.1, 0.15) is 25.3 Å². The first-order valence-electron chi connectivity index (χ1n) is 9.12. The van der Waals surface area contributed by atoms with Crippen LogP contribution in [0.3, 0.4) is 0 Å². The predicted molar refractivity (Wildman–Crippen MR) is 97.7 cm³/mol. The Kier molecular flexibility index (Phi) is 8.90. The lowest BCUT2D eigenvalue weighted by molar-refractivity contribution is -0.298. The summed E-state index contributed by atoms with van der Waals surface area (Å²) >= 11 is 0. The van der Waals surface area contributed by atoms with Crippen molar-refractivity contribution in [3.05, 3.63) is 48.6 Å². The van der Waals surface area contributed by atoms with Gasteiger partial charge in [-0.3, -0.25) is 4.79 Å². The maximum atomic E-state index is 11.8. The van der Waals surface area contributed by atoms with Gasteiger partial charge in [-0.1, -0.05) is 43.3 Å². The minimum Gasteiger partial charge on any atom is -0.454 e. The molecule has 7 nitrogen and oxygen atoms in total. The van der Waals surface area contributed by atoms with Crippen LogP contribution in [-0.2, 0) is 30.3 Å². The molecule has 0 aliphatic carbocycles. The monoisotopic (exact) mass is 380 g/mol. The number of hydrogen-bond donors (Lipinski definition) is 2. The zero-order valence-corrected chi connectivity index (χ0v) is 15.5. The number of esters is 1. The van der Waals surface area contributed by atoms with Crippen LogP contribution in [0.4, 0.5) is 0 Å². The number of rotatable bonds is 10. The van der Waals surface area contributed by atoms with E-state index in [9.17, 15) is 15.0 Å². The number of aliphatic hydroxyl groups excluding tert-OH is 2. The van der Waals surface area contributed by atoms with Crippen molar-refractivity contribution in [3.8, 4) is 0 Å². The Morgan fingerprint density at radius 1 is 1.26 bits per heavy atom. The summed E-state index contributed by atoms with van der Waals surface area (Å²) in [6, 6.07) is 9.57. The third kappa shape index (κ3) is 6.41. The standard InChI is InChI=1S/C20H28O7/c1-3-8-16(21)27-19-18(25-11-4-2)17(22)15(26-20(19)23)13-24-12-14-9-6-5-7-10-14/h4-7,9-10,15,17-20,22-23H,2-3,8,11-13H2,1H3. The second-order valence-corrected chi connectivity index (χ2v) is 6.35. The van der Waals surface area contributed by atoms with Crippen LogP contribution in [0, 0.1) is 0 Å². The van der Waals surface area contributed by atoms with Crippen molar-refractivity contribution in [3.63, 3.8) is 0 Å². The summed E-state index contributed by atoms with van der Waals surface area (Å²) in [5.74, 6) is -0.483. The zero-order valence-electron chi connectivity index (χ0n) is 15.5. The van der Waals surface area contributed by atoms with E-state index in [4.69, 9.17) is 18.9 Å². The molecule has 1 fully saturated rings. The smallest absolute Gasteiger partial charge is 0.306 e. The first-order chi connectivity index (χ1) is 13.1. The summed E-state index contributed by atoms with van der Waals surface area (Å²) < 4.78 is 21.9. The van der Waals surface area contributed by atoms with Crippen molar-refractivity contribution >= 4 is 5.97 Å². The van der Waals surface area contributed by atoms with Crippen LogP contribution in [0.15, 0.2) is 43.0 Å². The van der Waals surface area contributed by atoms with E-state index in [2.05, 4.69) is 6.58 Å². The van der Waals surface area contributed by atoms with E-state index in [1.807, 2.05) is 37.3 Å². The lowest BCUT2D eigenvalue weighted by Gasteiger charge is -2.41. The first-order valence-corrected chi connectivity index (χ1v) is 9.12. The van der Waals surface area contributed by atoms with Gasteiger partial charge >= 0.3 is 5.97 Å². The molecule has 5 unspecified atom stereocenters. The van der Waals surface area contributed by atoms with Gasteiger partial charge in [0.1, 0.15) is 18.3 Å². The second kappa shape index (κ2) is 11.2.